The number of ether oxygens (including phenoxy) is 2. The van der Waals surface area contributed by atoms with Crippen LogP contribution in [0.3, 0.4) is 0 Å². The lowest BCUT2D eigenvalue weighted by atomic mass is 9.95. The van der Waals surface area contributed by atoms with Gasteiger partial charge in [0.25, 0.3) is 5.56 Å². The molecule has 1 heterocycles. The molecule has 0 amide bonds. The fourth-order valence-electron chi connectivity index (χ4n) is 3.66. The zero-order chi connectivity index (χ0) is 25.9. The summed E-state index contributed by atoms with van der Waals surface area (Å²) in [4.78, 5) is 18.1. The van der Waals surface area contributed by atoms with Crippen LogP contribution in [0.5, 0.6) is 11.5 Å². The Bertz CT molecular complexity index is 1560. The van der Waals surface area contributed by atoms with E-state index in [9.17, 15) is 10.1 Å². The second kappa shape index (κ2) is 10.3. The molecular formula is C28H25BrN4O3. The maximum atomic E-state index is 13.3. The summed E-state index contributed by atoms with van der Waals surface area (Å²) in [7, 11) is 1.56. The predicted molar refractivity (Wildman–Crippen MR) is 144 cm³/mol. The quantitative estimate of drug-likeness (QED) is 0.286. The van der Waals surface area contributed by atoms with E-state index in [1.165, 1.54) is 4.68 Å². The largest absolute Gasteiger partial charge is 0.493 e. The van der Waals surface area contributed by atoms with Gasteiger partial charge in [0.1, 0.15) is 12.4 Å². The van der Waals surface area contributed by atoms with E-state index in [-0.39, 0.29) is 12.2 Å². The lowest BCUT2D eigenvalue weighted by Gasteiger charge is -2.20. The average Bonchev–Trinajstić information content (AvgIpc) is 2.86. The van der Waals surface area contributed by atoms with Crippen LogP contribution in [-0.4, -0.2) is 23.0 Å². The fourth-order valence-corrected chi connectivity index (χ4v) is 4.02. The third kappa shape index (κ3) is 5.31. The van der Waals surface area contributed by atoms with Gasteiger partial charge in [-0.15, -0.1) is 0 Å². The first-order valence-electron chi connectivity index (χ1n) is 11.3. The van der Waals surface area contributed by atoms with Gasteiger partial charge >= 0.3 is 0 Å². The van der Waals surface area contributed by atoms with Crippen molar-refractivity contribution in [2.24, 2.45) is 5.10 Å². The van der Waals surface area contributed by atoms with E-state index in [0.717, 1.165) is 15.6 Å². The van der Waals surface area contributed by atoms with Gasteiger partial charge in [-0.1, -0.05) is 54.9 Å². The van der Waals surface area contributed by atoms with Gasteiger partial charge in [0.2, 0.25) is 0 Å². The second-order valence-electron chi connectivity index (χ2n) is 9.18. The molecule has 0 radical (unpaired) electrons. The van der Waals surface area contributed by atoms with Crippen LogP contribution in [0.2, 0.25) is 0 Å². The highest BCUT2D eigenvalue weighted by atomic mass is 79.9. The standard InChI is InChI=1S/C28H25BrN4O3/c1-28(2,3)27-32-23-11-10-21(29)14-22(23)26(34)33(27)31-16-18-9-12-24(25(13-18)35-4)36-17-20-8-6-5-7-19(20)15-30/h5-14,16H,17H2,1-4H3. The first-order valence-corrected chi connectivity index (χ1v) is 12.1. The van der Waals surface area contributed by atoms with Crippen LogP contribution in [0.15, 0.2) is 75.0 Å². The third-order valence-corrected chi connectivity index (χ3v) is 6.00. The van der Waals surface area contributed by atoms with Gasteiger partial charge < -0.3 is 9.47 Å². The molecule has 0 aliphatic heterocycles. The molecule has 0 fully saturated rings. The zero-order valence-electron chi connectivity index (χ0n) is 20.4. The number of rotatable bonds is 6. The zero-order valence-corrected chi connectivity index (χ0v) is 22.0. The number of aromatic nitrogens is 2. The van der Waals surface area contributed by atoms with E-state index >= 15 is 0 Å². The lowest BCUT2D eigenvalue weighted by molar-refractivity contribution is 0.284. The molecule has 0 atom stereocenters. The van der Waals surface area contributed by atoms with Gasteiger partial charge in [0.15, 0.2) is 11.5 Å². The maximum absolute atomic E-state index is 13.3. The highest BCUT2D eigenvalue weighted by Gasteiger charge is 2.23. The number of fused-ring (bicyclic) bond motifs is 1. The Kier molecular flexibility index (Phi) is 7.22. The van der Waals surface area contributed by atoms with Gasteiger partial charge in [-0.2, -0.15) is 15.0 Å². The van der Waals surface area contributed by atoms with Crippen molar-refractivity contribution in [3.8, 4) is 17.6 Å². The van der Waals surface area contributed by atoms with Gasteiger partial charge in [0, 0.05) is 15.5 Å². The van der Waals surface area contributed by atoms with Crippen molar-refractivity contribution >= 4 is 33.0 Å². The normalized spacial score (nSPS) is 11.6. The number of nitriles is 1. The number of benzene rings is 3. The van der Waals surface area contributed by atoms with E-state index in [1.807, 2.05) is 57.2 Å². The van der Waals surface area contributed by atoms with Crippen molar-refractivity contribution < 1.29 is 9.47 Å². The highest BCUT2D eigenvalue weighted by molar-refractivity contribution is 9.10. The molecule has 0 saturated heterocycles. The molecule has 0 N–H and O–H groups in total. The van der Waals surface area contributed by atoms with Crippen molar-refractivity contribution in [2.45, 2.75) is 32.8 Å². The molecule has 0 aliphatic carbocycles. The summed E-state index contributed by atoms with van der Waals surface area (Å²) in [5.74, 6) is 1.60. The molecule has 182 valence electrons. The van der Waals surface area contributed by atoms with Gasteiger partial charge in [-0.3, -0.25) is 4.79 Å². The Morgan fingerprint density at radius 2 is 1.89 bits per heavy atom. The minimum Gasteiger partial charge on any atom is -0.493 e. The Morgan fingerprint density at radius 1 is 1.11 bits per heavy atom. The SMILES string of the molecule is COc1cc(C=Nn2c(C(C)(C)C)nc3ccc(Br)cc3c2=O)ccc1OCc1ccccc1C#N. The first kappa shape index (κ1) is 25.1. The number of methoxy groups -OCH3 is 1. The van der Waals surface area contributed by atoms with Crippen molar-refractivity contribution in [1.29, 1.82) is 5.26 Å². The van der Waals surface area contributed by atoms with E-state index in [0.29, 0.717) is 33.8 Å². The molecule has 0 unspecified atom stereocenters. The molecule has 8 heteroatoms. The second-order valence-corrected chi connectivity index (χ2v) is 10.1. The molecule has 7 nitrogen and oxygen atoms in total. The monoisotopic (exact) mass is 544 g/mol. The Hall–Kier alpha value is -3.96. The van der Waals surface area contributed by atoms with E-state index in [4.69, 9.17) is 14.5 Å². The maximum Gasteiger partial charge on any atom is 0.282 e. The van der Waals surface area contributed by atoms with Crippen LogP contribution < -0.4 is 15.0 Å². The molecule has 0 spiro atoms. The molecule has 4 rings (SSSR count). The molecule has 0 saturated carbocycles. The molecule has 1 aromatic heterocycles. The minimum absolute atomic E-state index is 0.232. The van der Waals surface area contributed by atoms with Crippen molar-refractivity contribution in [3.63, 3.8) is 0 Å². The summed E-state index contributed by atoms with van der Waals surface area (Å²) in [6.07, 6.45) is 1.60. The van der Waals surface area contributed by atoms with Crippen LogP contribution >= 0.6 is 15.9 Å². The van der Waals surface area contributed by atoms with Gasteiger partial charge in [-0.05, 0) is 48.0 Å². The number of hydrogen-bond acceptors (Lipinski definition) is 6. The van der Waals surface area contributed by atoms with Crippen LogP contribution in [0, 0.1) is 11.3 Å². The Balaban J connectivity index is 1.67. The summed E-state index contributed by atoms with van der Waals surface area (Å²) >= 11 is 3.43. The average molecular weight is 545 g/mol. The van der Waals surface area contributed by atoms with Crippen LogP contribution in [0.25, 0.3) is 10.9 Å². The highest BCUT2D eigenvalue weighted by Crippen LogP contribution is 2.29. The molecule has 4 aromatic rings. The number of hydrogen-bond donors (Lipinski definition) is 0. The van der Waals surface area contributed by atoms with Gasteiger partial charge in [0.05, 0.1) is 35.9 Å². The van der Waals surface area contributed by atoms with E-state index in [1.54, 1.807) is 37.6 Å². The molecular weight excluding hydrogens is 520 g/mol. The van der Waals surface area contributed by atoms with Crippen molar-refractivity contribution in [3.05, 3.63) is 98.0 Å². The third-order valence-electron chi connectivity index (χ3n) is 5.51. The summed E-state index contributed by atoms with van der Waals surface area (Å²) in [6, 6.07) is 20.3. The smallest absolute Gasteiger partial charge is 0.282 e. The van der Waals surface area contributed by atoms with Crippen molar-refractivity contribution in [1.82, 2.24) is 9.66 Å². The van der Waals surface area contributed by atoms with E-state index < -0.39 is 5.41 Å². The number of halogens is 1. The first-order chi connectivity index (χ1) is 17.2. The molecule has 0 aliphatic rings. The molecule has 0 bridgehead atoms. The number of nitrogens with zero attached hydrogens (tertiary/aromatic N) is 4. The summed E-state index contributed by atoms with van der Waals surface area (Å²) in [5.41, 5.74) is 2.05. The minimum atomic E-state index is -0.410. The molecule has 36 heavy (non-hydrogen) atoms. The fraction of sp³-hybridized carbons (Fsp3) is 0.214. The van der Waals surface area contributed by atoms with Crippen molar-refractivity contribution in [2.75, 3.05) is 7.11 Å². The van der Waals surface area contributed by atoms with Crippen LogP contribution in [0.1, 0.15) is 43.3 Å². The molecule has 3 aromatic carbocycles. The summed E-state index contributed by atoms with van der Waals surface area (Å²) in [5, 5.41) is 14.3. The topological polar surface area (TPSA) is 89.5 Å². The van der Waals surface area contributed by atoms with Crippen LogP contribution in [0.4, 0.5) is 0 Å². The summed E-state index contributed by atoms with van der Waals surface area (Å²) < 4.78 is 13.6. The van der Waals surface area contributed by atoms with Gasteiger partial charge in [-0.25, -0.2) is 4.98 Å². The Labute approximate surface area is 217 Å². The summed E-state index contributed by atoms with van der Waals surface area (Å²) in [6.45, 7) is 6.21. The Morgan fingerprint density at radius 3 is 2.61 bits per heavy atom. The lowest BCUT2D eigenvalue weighted by Crippen LogP contribution is -2.29. The van der Waals surface area contributed by atoms with E-state index in [2.05, 4.69) is 27.1 Å². The predicted octanol–water partition coefficient (Wildman–Crippen LogP) is 5.80. The van der Waals surface area contributed by atoms with Crippen LogP contribution in [-0.2, 0) is 12.0 Å².